The number of benzene rings is 3. The van der Waals surface area contributed by atoms with Crippen LogP contribution in [-0.4, -0.2) is 54.4 Å². The molecule has 1 heterocycles. The maximum absolute atomic E-state index is 13.4. The van der Waals surface area contributed by atoms with Crippen LogP contribution >= 0.6 is 0 Å². The number of nitrogens with zero attached hydrogens (tertiary/aromatic N) is 2. The van der Waals surface area contributed by atoms with E-state index < -0.39 is 6.10 Å². The van der Waals surface area contributed by atoms with Gasteiger partial charge in [-0.1, -0.05) is 54.6 Å². The molecule has 5 nitrogen and oxygen atoms in total. The van der Waals surface area contributed by atoms with Crippen molar-refractivity contribution in [1.29, 1.82) is 0 Å². The smallest absolute Gasteiger partial charge is 0.243 e. The van der Waals surface area contributed by atoms with Gasteiger partial charge in [0.15, 0.2) is 0 Å². The highest BCUT2D eigenvalue weighted by atomic mass is 19.1. The lowest BCUT2D eigenvalue weighted by atomic mass is 10.0. The van der Waals surface area contributed by atoms with E-state index in [-0.39, 0.29) is 49.7 Å². The Kier molecular flexibility index (Phi) is 8.34. The number of ether oxygens (including phenoxy) is 1. The van der Waals surface area contributed by atoms with Crippen LogP contribution in [0.3, 0.4) is 0 Å². The minimum Gasteiger partial charge on any atom is -0.367 e. The first-order valence-electron chi connectivity index (χ1n) is 11.7. The van der Waals surface area contributed by atoms with Crippen LogP contribution in [0.15, 0.2) is 78.9 Å². The fourth-order valence-electron chi connectivity index (χ4n) is 4.23. The predicted molar refractivity (Wildman–Crippen MR) is 129 cm³/mol. The normalized spacial score (nSPS) is 14.7. The second kappa shape index (κ2) is 11.8. The lowest BCUT2D eigenvalue weighted by Gasteiger charge is -2.33. The fourth-order valence-corrected chi connectivity index (χ4v) is 4.23. The highest BCUT2D eigenvalue weighted by molar-refractivity contribution is 5.99. The van der Waals surface area contributed by atoms with E-state index in [9.17, 15) is 18.4 Å². The number of hydrogen-bond donors (Lipinski definition) is 0. The average Bonchev–Trinajstić information content (AvgIpc) is 2.85. The molecule has 182 valence electrons. The molecule has 35 heavy (non-hydrogen) atoms. The van der Waals surface area contributed by atoms with Crippen LogP contribution in [0.4, 0.5) is 8.78 Å². The first kappa shape index (κ1) is 24.7. The van der Waals surface area contributed by atoms with Crippen LogP contribution in [0.25, 0.3) is 0 Å². The van der Waals surface area contributed by atoms with Crippen molar-refractivity contribution in [2.45, 2.75) is 18.9 Å². The highest BCUT2D eigenvalue weighted by Crippen LogP contribution is 2.26. The number of piperazine rings is 1. The molecule has 0 N–H and O–H groups in total. The molecule has 0 spiro atoms. The lowest BCUT2D eigenvalue weighted by Crippen LogP contribution is -2.54. The van der Waals surface area contributed by atoms with Crippen molar-refractivity contribution in [3.05, 3.63) is 107 Å². The van der Waals surface area contributed by atoms with Gasteiger partial charge in [-0.15, -0.1) is 0 Å². The van der Waals surface area contributed by atoms with Crippen molar-refractivity contribution in [1.82, 2.24) is 9.80 Å². The first-order chi connectivity index (χ1) is 17.0. The number of halogens is 2. The van der Waals surface area contributed by atoms with Crippen LogP contribution < -0.4 is 0 Å². The SMILES string of the molecule is O=C1CN(CCCc2ccccc2)CC(=O)N1CCOC(c1ccc(F)cc1)c1ccc(F)cc1. The van der Waals surface area contributed by atoms with Crippen LogP contribution in [0.5, 0.6) is 0 Å². The van der Waals surface area contributed by atoms with Gasteiger partial charge in [0.1, 0.15) is 17.7 Å². The third-order valence-electron chi connectivity index (χ3n) is 6.05. The summed E-state index contributed by atoms with van der Waals surface area (Å²) in [5.74, 6) is -1.23. The Hall–Kier alpha value is -3.42. The largest absolute Gasteiger partial charge is 0.367 e. The molecule has 1 aliphatic heterocycles. The molecule has 3 aromatic carbocycles. The molecule has 0 unspecified atom stereocenters. The summed E-state index contributed by atoms with van der Waals surface area (Å²) in [6, 6.07) is 21.9. The van der Waals surface area contributed by atoms with Crippen molar-refractivity contribution >= 4 is 11.8 Å². The molecule has 1 aliphatic rings. The zero-order chi connectivity index (χ0) is 24.6. The Balaban J connectivity index is 1.31. The van der Waals surface area contributed by atoms with Gasteiger partial charge in [-0.2, -0.15) is 0 Å². The molecule has 0 radical (unpaired) electrons. The van der Waals surface area contributed by atoms with E-state index in [2.05, 4.69) is 12.1 Å². The van der Waals surface area contributed by atoms with Gasteiger partial charge in [-0.05, 0) is 60.3 Å². The van der Waals surface area contributed by atoms with Gasteiger partial charge in [0.25, 0.3) is 0 Å². The van der Waals surface area contributed by atoms with Gasteiger partial charge >= 0.3 is 0 Å². The zero-order valence-electron chi connectivity index (χ0n) is 19.4. The number of imide groups is 1. The van der Waals surface area contributed by atoms with Crippen molar-refractivity contribution in [2.75, 3.05) is 32.8 Å². The molecular formula is C28H28F2N2O3. The molecular weight excluding hydrogens is 450 g/mol. The van der Waals surface area contributed by atoms with Gasteiger partial charge < -0.3 is 4.74 Å². The van der Waals surface area contributed by atoms with Crippen LogP contribution in [-0.2, 0) is 20.7 Å². The van der Waals surface area contributed by atoms with E-state index in [1.165, 1.54) is 34.7 Å². The van der Waals surface area contributed by atoms with E-state index in [4.69, 9.17) is 4.74 Å². The minimum atomic E-state index is -0.583. The summed E-state index contributed by atoms with van der Waals surface area (Å²) in [6.45, 7) is 1.28. The van der Waals surface area contributed by atoms with Crippen LogP contribution in [0.2, 0.25) is 0 Å². The summed E-state index contributed by atoms with van der Waals surface area (Å²) < 4.78 is 32.8. The third-order valence-corrected chi connectivity index (χ3v) is 6.05. The number of aryl methyl sites for hydroxylation is 1. The molecule has 3 aromatic rings. The Labute approximate surface area is 203 Å². The molecule has 0 aliphatic carbocycles. The molecule has 1 fully saturated rings. The number of hydrogen-bond acceptors (Lipinski definition) is 4. The second-order valence-electron chi connectivity index (χ2n) is 8.59. The topological polar surface area (TPSA) is 49.9 Å². The molecule has 2 amide bonds. The average molecular weight is 479 g/mol. The highest BCUT2D eigenvalue weighted by Gasteiger charge is 2.30. The van der Waals surface area contributed by atoms with Crippen molar-refractivity contribution in [2.24, 2.45) is 0 Å². The fraction of sp³-hybridized carbons (Fsp3) is 0.286. The molecule has 0 aromatic heterocycles. The van der Waals surface area contributed by atoms with Gasteiger partial charge in [0.05, 0.1) is 26.2 Å². The molecule has 1 saturated heterocycles. The summed E-state index contributed by atoms with van der Waals surface area (Å²) in [7, 11) is 0. The Morgan fingerprint density at radius 2 is 1.29 bits per heavy atom. The lowest BCUT2D eigenvalue weighted by molar-refractivity contribution is -0.152. The third kappa shape index (κ3) is 6.81. The van der Waals surface area contributed by atoms with E-state index in [1.807, 2.05) is 23.1 Å². The number of rotatable bonds is 10. The summed E-state index contributed by atoms with van der Waals surface area (Å²) in [4.78, 5) is 28.4. The number of amides is 2. The predicted octanol–water partition coefficient (Wildman–Crippen LogP) is 4.37. The van der Waals surface area contributed by atoms with E-state index >= 15 is 0 Å². The summed E-state index contributed by atoms with van der Waals surface area (Å²) in [5, 5.41) is 0. The Bertz CT molecular complexity index is 1060. The first-order valence-corrected chi connectivity index (χ1v) is 11.7. The number of carbonyl (C=O) groups excluding carboxylic acids is 2. The zero-order valence-corrected chi connectivity index (χ0v) is 19.4. The molecule has 0 bridgehead atoms. The maximum atomic E-state index is 13.4. The summed E-state index contributed by atoms with van der Waals surface area (Å²) in [5.41, 5.74) is 2.62. The van der Waals surface area contributed by atoms with Crippen LogP contribution in [0.1, 0.15) is 29.2 Å². The monoisotopic (exact) mass is 478 g/mol. The van der Waals surface area contributed by atoms with Crippen LogP contribution in [0, 0.1) is 11.6 Å². The van der Waals surface area contributed by atoms with E-state index in [0.717, 1.165) is 12.8 Å². The quantitative estimate of drug-likeness (QED) is 0.406. The van der Waals surface area contributed by atoms with E-state index in [0.29, 0.717) is 17.7 Å². The van der Waals surface area contributed by atoms with Crippen molar-refractivity contribution in [3.63, 3.8) is 0 Å². The Morgan fingerprint density at radius 1 is 0.743 bits per heavy atom. The molecule has 0 atom stereocenters. The molecule has 0 saturated carbocycles. The minimum absolute atomic E-state index is 0.102. The van der Waals surface area contributed by atoms with E-state index in [1.54, 1.807) is 24.3 Å². The standard InChI is InChI=1S/C28H28F2N2O3/c29-24-12-8-22(9-13-24)28(23-10-14-25(30)15-11-23)35-18-17-32-26(33)19-31(20-27(32)34)16-4-7-21-5-2-1-3-6-21/h1-3,5-6,8-15,28H,4,7,16-20H2. The van der Waals surface area contributed by atoms with Gasteiger partial charge in [0, 0.05) is 0 Å². The van der Waals surface area contributed by atoms with Crippen molar-refractivity contribution in [3.8, 4) is 0 Å². The van der Waals surface area contributed by atoms with Gasteiger partial charge in [0.2, 0.25) is 11.8 Å². The molecule has 4 rings (SSSR count). The van der Waals surface area contributed by atoms with Gasteiger partial charge in [-0.3, -0.25) is 19.4 Å². The molecule has 7 heteroatoms. The maximum Gasteiger partial charge on any atom is 0.243 e. The second-order valence-corrected chi connectivity index (χ2v) is 8.59. The van der Waals surface area contributed by atoms with Gasteiger partial charge in [-0.25, -0.2) is 8.78 Å². The van der Waals surface area contributed by atoms with Crippen molar-refractivity contribution < 1.29 is 23.1 Å². The Morgan fingerprint density at radius 3 is 1.83 bits per heavy atom. The number of carbonyl (C=O) groups is 2. The summed E-state index contributed by atoms with van der Waals surface area (Å²) in [6.07, 6.45) is 1.18. The summed E-state index contributed by atoms with van der Waals surface area (Å²) >= 11 is 0.